The van der Waals surface area contributed by atoms with Crippen LogP contribution in [0.1, 0.15) is 185 Å². The highest BCUT2D eigenvalue weighted by molar-refractivity contribution is 8.00. The molecule has 3 nitrogen and oxygen atoms in total. The maximum atomic E-state index is 11.2. The number of aliphatic hydroxyl groups excluding tert-OH is 2. The van der Waals surface area contributed by atoms with Crippen LogP contribution in [0.2, 0.25) is 0 Å². The molecule has 4 heteroatoms. The van der Waals surface area contributed by atoms with Crippen LogP contribution in [0.15, 0.2) is 91.0 Å². The summed E-state index contributed by atoms with van der Waals surface area (Å²) in [5.74, 6) is 1.02. The Morgan fingerprint density at radius 3 is 1.11 bits per heavy atom. The molecule has 2 atom stereocenters. The van der Waals surface area contributed by atoms with E-state index in [0.29, 0.717) is 13.1 Å². The summed E-state index contributed by atoms with van der Waals surface area (Å²) in [6.07, 6.45) is 29.5. The molecule has 0 saturated heterocycles. The lowest BCUT2D eigenvalue weighted by Crippen LogP contribution is -2.38. The van der Waals surface area contributed by atoms with Gasteiger partial charge in [0.1, 0.15) is 0 Å². The first-order valence-electron chi connectivity index (χ1n) is 23.0. The molecule has 3 rings (SSSR count). The van der Waals surface area contributed by atoms with Crippen molar-refractivity contribution in [2.24, 2.45) is 0 Å². The van der Waals surface area contributed by atoms with Crippen molar-refractivity contribution < 1.29 is 10.2 Å². The van der Waals surface area contributed by atoms with Crippen LogP contribution in [0.5, 0.6) is 0 Å². The fraction of sp³-hybridized carbons (Fsp3) is 0.647. The zero-order valence-electron chi connectivity index (χ0n) is 35.4. The van der Waals surface area contributed by atoms with Crippen LogP contribution in [-0.4, -0.2) is 52.7 Å². The molecule has 2 N–H and O–H groups in total. The van der Waals surface area contributed by atoms with Crippen LogP contribution >= 0.6 is 11.8 Å². The first kappa shape index (κ1) is 47.3. The van der Waals surface area contributed by atoms with Crippen LogP contribution in [-0.2, 0) is 4.75 Å². The maximum Gasteiger partial charge on any atom is 0.0906 e. The molecule has 0 aliphatic carbocycles. The van der Waals surface area contributed by atoms with Crippen LogP contribution < -0.4 is 0 Å². The molecular weight excluding hydrogens is 691 g/mol. The highest BCUT2D eigenvalue weighted by Crippen LogP contribution is 2.48. The number of aliphatic hydroxyl groups is 2. The normalized spacial score (nSPS) is 13.0. The van der Waals surface area contributed by atoms with Crippen LogP contribution in [0, 0.1) is 0 Å². The van der Waals surface area contributed by atoms with E-state index < -0.39 is 0 Å². The summed E-state index contributed by atoms with van der Waals surface area (Å²) in [6.45, 7) is 6.82. The van der Waals surface area contributed by atoms with Gasteiger partial charge in [-0.25, -0.2) is 0 Å². The van der Waals surface area contributed by atoms with Gasteiger partial charge in [0.15, 0.2) is 0 Å². The number of nitrogens with zero attached hydrogens (tertiary/aromatic N) is 1. The van der Waals surface area contributed by atoms with Gasteiger partial charge in [0, 0.05) is 13.1 Å². The van der Waals surface area contributed by atoms with E-state index in [1.54, 1.807) is 0 Å². The third-order valence-corrected chi connectivity index (χ3v) is 13.1. The Morgan fingerprint density at radius 2 is 0.764 bits per heavy atom. The van der Waals surface area contributed by atoms with E-state index >= 15 is 0 Å². The van der Waals surface area contributed by atoms with Gasteiger partial charge in [0.2, 0.25) is 0 Å². The number of unbranched alkanes of at least 4 members (excludes halogenated alkanes) is 19. The number of hydrogen-bond donors (Lipinski definition) is 2. The Morgan fingerprint density at radius 1 is 0.436 bits per heavy atom. The third kappa shape index (κ3) is 19.7. The number of thioether (sulfide) groups is 1. The van der Waals surface area contributed by atoms with Crippen molar-refractivity contribution >= 4 is 11.8 Å². The van der Waals surface area contributed by atoms with E-state index in [1.165, 1.54) is 132 Å². The average Bonchev–Trinajstić information content (AvgIpc) is 3.21. The molecule has 0 amide bonds. The lowest BCUT2D eigenvalue weighted by Gasteiger charge is -2.35. The van der Waals surface area contributed by atoms with Crippen molar-refractivity contribution in [1.29, 1.82) is 0 Å². The van der Waals surface area contributed by atoms with Gasteiger partial charge in [-0.15, -0.1) is 11.8 Å². The molecule has 0 saturated carbocycles. The maximum absolute atomic E-state index is 11.2. The largest absolute Gasteiger partial charge is 0.392 e. The molecule has 3 aromatic carbocycles. The second-order valence-electron chi connectivity index (χ2n) is 16.3. The predicted molar refractivity (Wildman–Crippen MR) is 242 cm³/mol. The zero-order valence-corrected chi connectivity index (χ0v) is 36.2. The molecule has 2 unspecified atom stereocenters. The van der Waals surface area contributed by atoms with Gasteiger partial charge in [-0.1, -0.05) is 233 Å². The van der Waals surface area contributed by atoms with E-state index in [2.05, 4.69) is 110 Å². The summed E-state index contributed by atoms with van der Waals surface area (Å²) < 4.78 is -0.292. The van der Waals surface area contributed by atoms with Gasteiger partial charge in [-0.2, -0.15) is 0 Å². The summed E-state index contributed by atoms with van der Waals surface area (Å²) in [4.78, 5) is 2.38. The van der Waals surface area contributed by atoms with Crippen molar-refractivity contribution in [3.8, 4) is 0 Å². The summed E-state index contributed by atoms with van der Waals surface area (Å²) in [5, 5.41) is 22.4. The van der Waals surface area contributed by atoms with E-state index in [0.717, 1.165) is 50.8 Å². The Hall–Kier alpha value is -2.11. The molecule has 308 valence electrons. The molecule has 0 radical (unpaired) electrons. The number of hydrogen-bond acceptors (Lipinski definition) is 4. The van der Waals surface area contributed by atoms with Gasteiger partial charge >= 0.3 is 0 Å². The highest BCUT2D eigenvalue weighted by atomic mass is 32.2. The highest BCUT2D eigenvalue weighted by Gasteiger charge is 2.36. The average molecular weight is 772 g/mol. The second kappa shape index (κ2) is 31.0. The number of rotatable bonds is 35. The van der Waals surface area contributed by atoms with Gasteiger partial charge < -0.3 is 10.2 Å². The Balaban J connectivity index is 1.52. The fourth-order valence-corrected chi connectivity index (χ4v) is 9.76. The van der Waals surface area contributed by atoms with Crippen molar-refractivity contribution in [3.63, 3.8) is 0 Å². The van der Waals surface area contributed by atoms with Gasteiger partial charge in [-0.3, -0.25) is 4.90 Å². The van der Waals surface area contributed by atoms with Crippen molar-refractivity contribution in [2.45, 2.75) is 185 Å². The van der Waals surface area contributed by atoms with E-state index in [9.17, 15) is 10.2 Å². The minimum Gasteiger partial charge on any atom is -0.392 e. The smallest absolute Gasteiger partial charge is 0.0906 e. The quantitative estimate of drug-likeness (QED) is 0.0462. The minimum absolute atomic E-state index is 0.292. The fourth-order valence-electron chi connectivity index (χ4n) is 8.20. The minimum atomic E-state index is -0.324. The van der Waals surface area contributed by atoms with Crippen molar-refractivity contribution in [1.82, 2.24) is 4.90 Å². The van der Waals surface area contributed by atoms with Gasteiger partial charge in [0.25, 0.3) is 0 Å². The Kier molecular flexibility index (Phi) is 26.6. The standard InChI is InChI=1S/C51H81NO2S/c1-3-5-7-9-11-13-15-17-19-30-40-49(53)44-52(45-50(54)41-31-20-18-16-14-12-10-8-6-4-2)42-32-33-43-55-51(46-34-24-21-25-35-46,47-36-26-22-27-37-47)48-38-28-23-29-39-48/h21-29,34-39,49-50,53-54H,3-20,30-33,40-45H2,1-2H3. The first-order chi connectivity index (χ1) is 27.1. The third-order valence-electron chi connectivity index (χ3n) is 11.4. The summed E-state index contributed by atoms with van der Waals surface area (Å²) in [7, 11) is 0. The topological polar surface area (TPSA) is 43.7 Å². The van der Waals surface area contributed by atoms with E-state index in [4.69, 9.17) is 0 Å². The van der Waals surface area contributed by atoms with Crippen molar-refractivity contribution in [2.75, 3.05) is 25.4 Å². The monoisotopic (exact) mass is 772 g/mol. The molecule has 0 fully saturated rings. The molecule has 0 bridgehead atoms. The van der Waals surface area contributed by atoms with Crippen LogP contribution in [0.25, 0.3) is 0 Å². The first-order valence-corrected chi connectivity index (χ1v) is 24.0. The lowest BCUT2D eigenvalue weighted by atomic mass is 9.84. The molecular formula is C51H81NO2S. The summed E-state index contributed by atoms with van der Waals surface area (Å²) in [5.41, 5.74) is 3.93. The Bertz CT molecular complexity index is 1140. The van der Waals surface area contributed by atoms with Crippen LogP contribution in [0.3, 0.4) is 0 Å². The molecule has 0 aromatic heterocycles. The summed E-state index contributed by atoms with van der Waals surface area (Å²) in [6, 6.07) is 33.0. The second-order valence-corrected chi connectivity index (χ2v) is 17.7. The lowest BCUT2D eigenvalue weighted by molar-refractivity contribution is 0.0599. The molecule has 3 aromatic rings. The molecule has 0 spiro atoms. The Labute approximate surface area is 343 Å². The summed E-state index contributed by atoms with van der Waals surface area (Å²) >= 11 is 2.04. The van der Waals surface area contributed by atoms with Crippen molar-refractivity contribution in [3.05, 3.63) is 108 Å². The van der Waals surface area contributed by atoms with E-state index in [-0.39, 0.29) is 17.0 Å². The van der Waals surface area contributed by atoms with Crippen LogP contribution in [0.4, 0.5) is 0 Å². The molecule has 0 aliphatic heterocycles. The van der Waals surface area contributed by atoms with E-state index in [1.807, 2.05) is 11.8 Å². The molecule has 55 heavy (non-hydrogen) atoms. The molecule has 0 heterocycles. The SMILES string of the molecule is CCCCCCCCCCCCC(O)CN(CCCCSC(c1ccccc1)(c1ccccc1)c1ccccc1)CC(O)CCCCCCCCCCCC. The van der Waals surface area contributed by atoms with Gasteiger partial charge in [-0.05, 0) is 54.7 Å². The van der Waals surface area contributed by atoms with Gasteiger partial charge in [0.05, 0.1) is 17.0 Å². The molecule has 0 aliphatic rings. The zero-order chi connectivity index (χ0) is 39.1. The predicted octanol–water partition coefficient (Wildman–Crippen LogP) is 14.1. The number of benzene rings is 3.